The second-order valence-electron chi connectivity index (χ2n) is 6.17. The number of nitrogens with zero attached hydrogens (tertiary/aromatic N) is 3. The van der Waals surface area contributed by atoms with E-state index in [1.165, 1.54) is 4.57 Å². The van der Waals surface area contributed by atoms with Crippen LogP contribution in [0, 0.1) is 5.92 Å². The Kier molecular flexibility index (Phi) is 4.85. The van der Waals surface area contributed by atoms with E-state index in [-0.39, 0.29) is 41.7 Å². The standard InChI is InChI=1S/C16H14N4O7.H2O/c1-6-7(5-21)9(22)4-8(6)20-13-12-14(25)19-15(18-13)26-10(23)2-3-11(24)27-16(20)17-12;/h2-3,7-9,21-22H,1,4-5H2,(H,18,19,25);1H2. The number of hydrogen-bond donors (Lipinski definition) is 3. The van der Waals surface area contributed by atoms with Gasteiger partial charge in [0.25, 0.3) is 5.56 Å². The number of rotatable bonds is 2. The Hall–Kier alpha value is -3.35. The highest BCUT2D eigenvalue weighted by atomic mass is 16.6. The number of H-pyrrole nitrogens is 1. The van der Waals surface area contributed by atoms with E-state index < -0.39 is 35.6 Å². The van der Waals surface area contributed by atoms with E-state index in [2.05, 4.69) is 21.5 Å². The summed E-state index contributed by atoms with van der Waals surface area (Å²) in [6.45, 7) is 3.59. The Labute approximate surface area is 156 Å². The first-order chi connectivity index (χ1) is 12.9. The van der Waals surface area contributed by atoms with Crippen LogP contribution in [-0.2, 0) is 9.59 Å². The molecule has 1 saturated carbocycles. The topological polar surface area (TPSA) is 188 Å². The lowest BCUT2D eigenvalue weighted by molar-refractivity contribution is -0.132. The molecule has 3 atom stereocenters. The maximum absolute atomic E-state index is 12.3. The lowest BCUT2D eigenvalue weighted by Gasteiger charge is -2.17. The summed E-state index contributed by atoms with van der Waals surface area (Å²) in [5, 5.41) is 19.7. The number of aliphatic hydroxyl groups is 2. The third kappa shape index (κ3) is 2.98. The van der Waals surface area contributed by atoms with E-state index in [0.717, 1.165) is 12.2 Å². The van der Waals surface area contributed by atoms with Crippen molar-refractivity contribution >= 4 is 23.1 Å². The fraction of sp³-hybridized carbons (Fsp3) is 0.312. The molecule has 5 N–H and O–H groups in total. The number of carbonyl (C=O) groups is 2. The van der Waals surface area contributed by atoms with Crippen molar-refractivity contribution in [2.45, 2.75) is 18.6 Å². The van der Waals surface area contributed by atoms with Crippen LogP contribution in [0.3, 0.4) is 0 Å². The van der Waals surface area contributed by atoms with Gasteiger partial charge in [0.05, 0.1) is 18.8 Å². The first-order valence-corrected chi connectivity index (χ1v) is 8.00. The van der Waals surface area contributed by atoms with Crippen molar-refractivity contribution in [3.8, 4) is 12.0 Å². The van der Waals surface area contributed by atoms with Gasteiger partial charge in [-0.15, -0.1) is 0 Å². The first kappa shape index (κ1) is 19.4. The summed E-state index contributed by atoms with van der Waals surface area (Å²) in [5.74, 6) is -2.43. The lowest BCUT2D eigenvalue weighted by Crippen LogP contribution is -2.17. The fourth-order valence-corrected chi connectivity index (χ4v) is 3.28. The van der Waals surface area contributed by atoms with Crippen molar-refractivity contribution in [3.05, 3.63) is 34.7 Å². The molecule has 148 valence electrons. The van der Waals surface area contributed by atoms with Gasteiger partial charge >= 0.3 is 24.0 Å². The van der Waals surface area contributed by atoms with Crippen molar-refractivity contribution in [1.82, 2.24) is 19.5 Å². The van der Waals surface area contributed by atoms with Crippen molar-refractivity contribution < 1.29 is 34.8 Å². The SMILES string of the molecule is C=C1C(CO)C(O)CC1n1c2nc3c(=O)[nH]c(nc31)OC(=O)C=CC(=O)O2.O. The van der Waals surface area contributed by atoms with Gasteiger partial charge in [-0.2, -0.15) is 9.97 Å². The van der Waals surface area contributed by atoms with Crippen molar-refractivity contribution in [1.29, 1.82) is 0 Å². The van der Waals surface area contributed by atoms with E-state index in [1.807, 2.05) is 0 Å². The highest BCUT2D eigenvalue weighted by Crippen LogP contribution is 2.42. The minimum Gasteiger partial charge on any atom is -0.412 e. The highest BCUT2D eigenvalue weighted by Gasteiger charge is 2.40. The van der Waals surface area contributed by atoms with Gasteiger partial charge in [-0.1, -0.05) is 6.58 Å². The molecule has 2 aromatic rings. The number of aromatic nitrogens is 4. The predicted octanol–water partition coefficient (Wildman–Crippen LogP) is -1.85. The summed E-state index contributed by atoms with van der Waals surface area (Å²) in [7, 11) is 0. The molecule has 28 heavy (non-hydrogen) atoms. The van der Waals surface area contributed by atoms with Gasteiger partial charge in [-0.3, -0.25) is 14.3 Å². The van der Waals surface area contributed by atoms with E-state index in [1.54, 1.807) is 0 Å². The number of hydrogen-bond acceptors (Lipinski definition) is 9. The highest BCUT2D eigenvalue weighted by molar-refractivity contribution is 5.93. The number of carbonyl (C=O) groups excluding carboxylic acids is 2. The van der Waals surface area contributed by atoms with Gasteiger partial charge in [0.15, 0.2) is 11.2 Å². The van der Waals surface area contributed by atoms with Crippen LogP contribution in [0.4, 0.5) is 0 Å². The zero-order valence-corrected chi connectivity index (χ0v) is 14.3. The van der Waals surface area contributed by atoms with Crippen LogP contribution in [0.15, 0.2) is 29.1 Å². The Morgan fingerprint density at radius 2 is 1.89 bits per heavy atom. The van der Waals surface area contributed by atoms with Gasteiger partial charge in [-0.25, -0.2) is 9.59 Å². The smallest absolute Gasteiger partial charge is 0.338 e. The molecule has 0 aromatic carbocycles. The number of aliphatic hydroxyl groups excluding tert-OH is 2. The molecule has 1 aliphatic heterocycles. The predicted molar refractivity (Wildman–Crippen MR) is 91.5 cm³/mol. The minimum absolute atomic E-state index is 0. The molecule has 0 amide bonds. The largest absolute Gasteiger partial charge is 0.412 e. The number of nitrogens with one attached hydrogen (secondary N) is 1. The molecular formula is C16H16N4O8. The molecule has 3 unspecified atom stereocenters. The minimum atomic E-state index is -0.928. The van der Waals surface area contributed by atoms with Gasteiger partial charge in [0.2, 0.25) is 0 Å². The number of esters is 2. The molecule has 0 radical (unpaired) electrons. The Morgan fingerprint density at radius 3 is 2.54 bits per heavy atom. The maximum Gasteiger partial charge on any atom is 0.338 e. The van der Waals surface area contributed by atoms with E-state index in [4.69, 9.17) is 9.47 Å². The number of imidazole rings is 1. The molecule has 0 saturated heterocycles. The molecule has 2 aliphatic rings. The quantitative estimate of drug-likeness (QED) is 0.389. The molecule has 3 heterocycles. The van der Waals surface area contributed by atoms with Gasteiger partial charge in [0.1, 0.15) is 0 Å². The van der Waals surface area contributed by atoms with Crippen LogP contribution < -0.4 is 15.0 Å². The second kappa shape index (κ2) is 6.99. The third-order valence-corrected chi connectivity index (χ3v) is 4.58. The Bertz CT molecular complexity index is 1070. The summed E-state index contributed by atoms with van der Waals surface area (Å²) in [6, 6.07) is -1.28. The number of ether oxygens (including phenoxy) is 2. The van der Waals surface area contributed by atoms with Gasteiger partial charge in [0, 0.05) is 18.1 Å². The van der Waals surface area contributed by atoms with Crippen LogP contribution in [0.2, 0.25) is 0 Å². The van der Waals surface area contributed by atoms with Gasteiger partial charge in [-0.05, 0) is 12.0 Å². The number of aromatic amines is 1. The zero-order chi connectivity index (χ0) is 19.3. The molecule has 3 bridgehead atoms. The van der Waals surface area contributed by atoms with Crippen LogP contribution >= 0.6 is 0 Å². The first-order valence-electron chi connectivity index (χ1n) is 8.00. The summed E-state index contributed by atoms with van der Waals surface area (Å²) in [5.41, 5.74) is -0.390. The lowest BCUT2D eigenvalue weighted by atomic mass is 10.0. The van der Waals surface area contributed by atoms with E-state index in [0.29, 0.717) is 5.57 Å². The summed E-state index contributed by atoms with van der Waals surface area (Å²) in [4.78, 5) is 46.3. The maximum atomic E-state index is 12.3. The molecule has 1 fully saturated rings. The number of fused-ring (bicyclic) bond motifs is 2. The average Bonchev–Trinajstić information content (AvgIpc) is 3.08. The third-order valence-electron chi connectivity index (χ3n) is 4.58. The summed E-state index contributed by atoms with van der Waals surface area (Å²) < 4.78 is 11.4. The van der Waals surface area contributed by atoms with Crippen molar-refractivity contribution in [2.75, 3.05) is 6.61 Å². The van der Waals surface area contributed by atoms with Crippen molar-refractivity contribution in [3.63, 3.8) is 0 Å². The normalized spacial score (nSPS) is 24.2. The molecule has 12 nitrogen and oxygen atoms in total. The average molecular weight is 392 g/mol. The Balaban J connectivity index is 0.00000225. The molecule has 0 spiro atoms. The van der Waals surface area contributed by atoms with Crippen LogP contribution in [0.5, 0.6) is 12.0 Å². The van der Waals surface area contributed by atoms with Crippen LogP contribution in [0.25, 0.3) is 11.2 Å². The molecular weight excluding hydrogens is 376 g/mol. The van der Waals surface area contributed by atoms with E-state index >= 15 is 0 Å². The summed E-state index contributed by atoms with van der Waals surface area (Å²) >= 11 is 0. The molecule has 12 heteroatoms. The van der Waals surface area contributed by atoms with Crippen LogP contribution in [-0.4, -0.2) is 59.9 Å². The monoisotopic (exact) mass is 392 g/mol. The summed E-state index contributed by atoms with van der Waals surface area (Å²) in [6.07, 6.45) is 0.926. The van der Waals surface area contributed by atoms with Crippen molar-refractivity contribution in [2.24, 2.45) is 5.92 Å². The van der Waals surface area contributed by atoms with E-state index in [9.17, 15) is 24.6 Å². The molecule has 4 rings (SSSR count). The molecule has 1 aliphatic carbocycles. The van der Waals surface area contributed by atoms with Gasteiger partial charge < -0.3 is 25.2 Å². The van der Waals surface area contributed by atoms with Crippen LogP contribution in [0.1, 0.15) is 12.5 Å². The second-order valence-corrected chi connectivity index (χ2v) is 6.17. The zero-order valence-electron chi connectivity index (χ0n) is 14.3. The molecule has 2 aromatic heterocycles. The Morgan fingerprint density at radius 1 is 1.21 bits per heavy atom. The fourth-order valence-electron chi connectivity index (χ4n) is 3.28.